The first kappa shape index (κ1) is 33.4. The summed E-state index contributed by atoms with van der Waals surface area (Å²) >= 11 is 6.05. The minimum Gasteiger partial charge on any atom is -0.347 e. The second-order valence-electron chi connectivity index (χ2n) is 17.1. The Labute approximate surface area is 284 Å². The fraction of sp³-hybridized carbons (Fsp3) is 0.575. The zero-order valence-corrected chi connectivity index (χ0v) is 29.5. The van der Waals surface area contributed by atoms with E-state index < -0.39 is 16.4 Å². The fourth-order valence-electron chi connectivity index (χ4n) is 11.1. The average molecular weight is 652 g/mol. The van der Waals surface area contributed by atoms with Gasteiger partial charge < -0.3 is 5.32 Å². The van der Waals surface area contributed by atoms with Gasteiger partial charge in [-0.05, 0) is 96.8 Å². The molecule has 3 saturated carbocycles. The molecule has 1 amide bonds. The highest BCUT2D eigenvalue weighted by molar-refractivity contribution is 6.30. The molecule has 0 aromatic heterocycles. The minimum absolute atomic E-state index is 0.00110. The molecule has 6 rings (SSSR count). The summed E-state index contributed by atoms with van der Waals surface area (Å²) in [7, 11) is 0. The minimum atomic E-state index is -0.710. The lowest BCUT2D eigenvalue weighted by atomic mass is 9.35. The molecule has 7 heteroatoms. The molecule has 3 fully saturated rings. The third kappa shape index (κ3) is 4.81. The van der Waals surface area contributed by atoms with E-state index >= 15 is 0 Å². The van der Waals surface area contributed by atoms with Gasteiger partial charge in [-0.15, -0.1) is 0 Å². The standard InChI is InChI=1S/C40H46ClN3O3/c1-35(2)14-16-40(44-32(46)18-25(22-42)24-8-10-27(41)11-9-24)17-15-39(7)33(28(40)21-35)29(45)19-31-37(5)20-26(23-43)34(47)36(3,4)30(37)12-13-38(31,39)6/h8-11,18-20,28,30,33H,12-17,21H2,1-7H3,(H,44,46)/b25-18+/t28-,30-,33-,37-,38+,39+,40-/m0/s1. The van der Waals surface area contributed by atoms with Crippen molar-refractivity contribution in [3.63, 3.8) is 0 Å². The van der Waals surface area contributed by atoms with Crippen LogP contribution in [0.4, 0.5) is 0 Å². The normalized spacial score (nSPS) is 38.6. The van der Waals surface area contributed by atoms with E-state index in [1.807, 2.05) is 26.0 Å². The van der Waals surface area contributed by atoms with Gasteiger partial charge in [0.05, 0.1) is 17.2 Å². The van der Waals surface area contributed by atoms with Gasteiger partial charge in [-0.1, -0.05) is 83.8 Å². The van der Waals surface area contributed by atoms with E-state index in [0.717, 1.165) is 50.5 Å². The highest BCUT2D eigenvalue weighted by Crippen LogP contribution is 2.73. The maximum absolute atomic E-state index is 14.7. The molecule has 5 aliphatic carbocycles. The Balaban J connectivity index is 1.42. The first-order valence-corrected chi connectivity index (χ1v) is 17.4. The van der Waals surface area contributed by atoms with E-state index in [1.165, 1.54) is 6.08 Å². The number of hydrogen-bond donors (Lipinski definition) is 1. The highest BCUT2D eigenvalue weighted by atomic mass is 35.5. The van der Waals surface area contributed by atoms with Crippen LogP contribution in [0.5, 0.6) is 0 Å². The highest BCUT2D eigenvalue weighted by Gasteiger charge is 2.70. The van der Waals surface area contributed by atoms with E-state index in [-0.39, 0.29) is 62.6 Å². The monoisotopic (exact) mass is 651 g/mol. The van der Waals surface area contributed by atoms with Gasteiger partial charge in [0.1, 0.15) is 6.07 Å². The zero-order chi connectivity index (χ0) is 34.4. The molecule has 5 aliphatic rings. The lowest BCUT2D eigenvalue weighted by Gasteiger charge is -2.69. The molecule has 47 heavy (non-hydrogen) atoms. The summed E-state index contributed by atoms with van der Waals surface area (Å²) in [5.74, 6) is -0.704. The average Bonchev–Trinajstić information content (AvgIpc) is 3.00. The molecule has 1 aromatic rings. The third-order valence-electron chi connectivity index (χ3n) is 13.8. The summed E-state index contributed by atoms with van der Waals surface area (Å²) in [5, 5.41) is 23.9. The molecule has 1 N–H and O–H groups in total. The van der Waals surface area contributed by atoms with Crippen LogP contribution in [-0.2, 0) is 14.4 Å². The second kappa shape index (κ2) is 10.8. The van der Waals surface area contributed by atoms with Crippen molar-refractivity contribution in [2.24, 2.45) is 44.8 Å². The van der Waals surface area contributed by atoms with Crippen molar-refractivity contribution in [3.05, 3.63) is 64.2 Å². The van der Waals surface area contributed by atoms with Crippen LogP contribution < -0.4 is 5.32 Å². The number of carbonyl (C=O) groups excluding carboxylic acids is 3. The maximum Gasteiger partial charge on any atom is 0.245 e. The summed E-state index contributed by atoms with van der Waals surface area (Å²) < 4.78 is 0. The number of halogens is 1. The molecule has 0 spiro atoms. The van der Waals surface area contributed by atoms with Gasteiger partial charge in [-0.3, -0.25) is 14.4 Å². The molecule has 0 aliphatic heterocycles. The molecule has 7 atom stereocenters. The number of fused-ring (bicyclic) bond motifs is 7. The number of ketones is 2. The Morgan fingerprint density at radius 3 is 2.26 bits per heavy atom. The number of allylic oxidation sites excluding steroid dienone is 5. The summed E-state index contributed by atoms with van der Waals surface area (Å²) in [6.07, 6.45) is 10.9. The van der Waals surface area contributed by atoms with Crippen molar-refractivity contribution < 1.29 is 14.4 Å². The van der Waals surface area contributed by atoms with E-state index in [1.54, 1.807) is 24.3 Å². The van der Waals surface area contributed by atoms with Gasteiger partial charge in [0.15, 0.2) is 11.6 Å². The Hall–Kier alpha value is -3.48. The van der Waals surface area contributed by atoms with Gasteiger partial charge in [-0.2, -0.15) is 10.5 Å². The van der Waals surface area contributed by atoms with E-state index in [4.69, 9.17) is 11.6 Å². The van der Waals surface area contributed by atoms with Crippen molar-refractivity contribution in [1.82, 2.24) is 5.32 Å². The molecule has 246 valence electrons. The zero-order valence-electron chi connectivity index (χ0n) is 28.7. The van der Waals surface area contributed by atoms with Crippen LogP contribution in [0.3, 0.4) is 0 Å². The second-order valence-corrected chi connectivity index (χ2v) is 17.5. The molecule has 0 saturated heterocycles. The first-order chi connectivity index (χ1) is 21.9. The van der Waals surface area contributed by atoms with Crippen molar-refractivity contribution in [2.45, 2.75) is 99.0 Å². The number of rotatable bonds is 3. The maximum atomic E-state index is 14.7. The number of nitrogens with zero attached hydrogens (tertiary/aromatic N) is 2. The molecular formula is C40H46ClN3O3. The van der Waals surface area contributed by atoms with E-state index in [0.29, 0.717) is 10.6 Å². The Bertz CT molecular complexity index is 1750. The number of hydrogen-bond acceptors (Lipinski definition) is 5. The summed E-state index contributed by atoms with van der Waals surface area (Å²) in [6, 6.07) is 11.2. The summed E-state index contributed by atoms with van der Waals surface area (Å²) in [5.41, 5.74) is -0.423. The first-order valence-electron chi connectivity index (χ1n) is 17.0. The van der Waals surface area contributed by atoms with Crippen LogP contribution in [0.1, 0.15) is 99.0 Å². The van der Waals surface area contributed by atoms with Crippen LogP contribution in [0, 0.1) is 67.5 Å². The van der Waals surface area contributed by atoms with E-state index in [2.05, 4.69) is 52.1 Å². The van der Waals surface area contributed by atoms with Crippen molar-refractivity contribution in [1.29, 1.82) is 10.5 Å². The number of carbonyl (C=O) groups is 3. The Morgan fingerprint density at radius 2 is 1.62 bits per heavy atom. The van der Waals surface area contributed by atoms with Crippen molar-refractivity contribution >= 4 is 34.6 Å². The molecule has 0 unspecified atom stereocenters. The quantitative estimate of drug-likeness (QED) is 0.261. The van der Waals surface area contributed by atoms with E-state index in [9.17, 15) is 24.9 Å². The van der Waals surface area contributed by atoms with Gasteiger partial charge in [0.25, 0.3) is 0 Å². The van der Waals surface area contributed by atoms with Crippen LogP contribution in [-0.4, -0.2) is 23.0 Å². The Kier molecular flexibility index (Phi) is 7.65. The van der Waals surface area contributed by atoms with Crippen LogP contribution in [0.25, 0.3) is 5.57 Å². The largest absolute Gasteiger partial charge is 0.347 e. The number of nitrogens with one attached hydrogen (secondary N) is 1. The SMILES string of the molecule is CC1(C)CC[C@]2(NC(=O)/C=C(\C#N)c3ccc(Cl)cc3)CC[C@]3(C)[C@H](C(=O)C=C4[C@@]5(C)C=C(C#N)C(=O)C(C)(C)[C@@H]5CC[C@]43C)[C@@H]2C1. The smallest absolute Gasteiger partial charge is 0.245 e. The summed E-state index contributed by atoms with van der Waals surface area (Å²) in [4.78, 5) is 41.9. The van der Waals surface area contributed by atoms with Crippen LogP contribution >= 0.6 is 11.6 Å². The third-order valence-corrected chi connectivity index (χ3v) is 14.0. The lowest BCUT2D eigenvalue weighted by Crippen LogP contribution is -2.69. The molecule has 6 nitrogen and oxygen atoms in total. The van der Waals surface area contributed by atoms with Crippen molar-refractivity contribution in [3.8, 4) is 12.1 Å². The van der Waals surface area contributed by atoms with Gasteiger partial charge in [0.2, 0.25) is 5.91 Å². The summed E-state index contributed by atoms with van der Waals surface area (Å²) in [6.45, 7) is 15.2. The molecular weight excluding hydrogens is 606 g/mol. The van der Waals surface area contributed by atoms with Gasteiger partial charge >= 0.3 is 0 Å². The molecule has 0 heterocycles. The predicted octanol–water partition coefficient (Wildman–Crippen LogP) is 8.34. The number of benzene rings is 1. The van der Waals surface area contributed by atoms with Crippen molar-refractivity contribution in [2.75, 3.05) is 0 Å². The van der Waals surface area contributed by atoms with Crippen LogP contribution in [0.15, 0.2) is 53.6 Å². The number of Topliss-reactive ketones (excluding diaryl/α,β-unsaturated/α-hetero) is 1. The molecule has 0 bridgehead atoms. The lowest BCUT2D eigenvalue weighted by molar-refractivity contribution is -0.163. The van der Waals surface area contributed by atoms with Gasteiger partial charge in [-0.25, -0.2) is 0 Å². The fourth-order valence-corrected chi connectivity index (χ4v) is 11.2. The Morgan fingerprint density at radius 1 is 0.957 bits per heavy atom. The topological polar surface area (TPSA) is 111 Å². The number of nitriles is 2. The number of amides is 1. The predicted molar refractivity (Wildman–Crippen MR) is 182 cm³/mol. The van der Waals surface area contributed by atoms with Crippen LogP contribution in [0.2, 0.25) is 5.02 Å². The molecule has 0 radical (unpaired) electrons. The van der Waals surface area contributed by atoms with Gasteiger partial charge in [0, 0.05) is 33.4 Å². The molecule has 1 aromatic carbocycles.